The fourth-order valence-corrected chi connectivity index (χ4v) is 5.80. The molecular weight excluding hydrogens is 540 g/mol. The van der Waals surface area contributed by atoms with Crippen molar-refractivity contribution in [1.29, 1.82) is 0 Å². The van der Waals surface area contributed by atoms with Gasteiger partial charge in [-0.1, -0.05) is 6.92 Å². The van der Waals surface area contributed by atoms with E-state index in [0.29, 0.717) is 35.0 Å². The van der Waals surface area contributed by atoms with Crippen LogP contribution in [0.3, 0.4) is 0 Å². The molecule has 0 bridgehead atoms. The van der Waals surface area contributed by atoms with E-state index in [4.69, 9.17) is 0 Å². The summed E-state index contributed by atoms with van der Waals surface area (Å²) < 4.78 is 61.5. The minimum Gasteiger partial charge on any atom is -0.357 e. The fourth-order valence-electron chi connectivity index (χ4n) is 3.67. The predicted molar refractivity (Wildman–Crippen MR) is 123 cm³/mol. The first-order valence-electron chi connectivity index (χ1n) is 9.90. The van der Waals surface area contributed by atoms with E-state index in [1.165, 1.54) is 6.42 Å². The van der Waals surface area contributed by atoms with Gasteiger partial charge in [0.15, 0.2) is 5.96 Å². The monoisotopic (exact) mass is 572 g/mol. The molecule has 2 N–H and O–H groups in total. The minimum atomic E-state index is -5.23. The molecule has 29 heavy (non-hydrogen) atoms. The first-order chi connectivity index (χ1) is 13.2. The summed E-state index contributed by atoms with van der Waals surface area (Å²) in [6.45, 7) is 5.16. The van der Waals surface area contributed by atoms with Gasteiger partial charge >= 0.3 is 15.5 Å². The molecule has 2 rings (SSSR count). The highest BCUT2D eigenvalue weighted by Gasteiger charge is 2.50. The number of hydrogen-bond acceptors (Lipinski definition) is 4. The highest BCUT2D eigenvalue weighted by atomic mass is 127. The van der Waals surface area contributed by atoms with Crippen LogP contribution in [-0.2, 0) is 10.0 Å². The lowest BCUT2D eigenvalue weighted by atomic mass is 9.98. The van der Waals surface area contributed by atoms with Gasteiger partial charge in [-0.05, 0) is 50.7 Å². The van der Waals surface area contributed by atoms with Crippen LogP contribution in [0.25, 0.3) is 0 Å². The van der Waals surface area contributed by atoms with Gasteiger partial charge in [0.1, 0.15) is 0 Å². The molecule has 1 aliphatic heterocycles. The van der Waals surface area contributed by atoms with Gasteiger partial charge < -0.3 is 10.6 Å². The lowest BCUT2D eigenvalue weighted by Gasteiger charge is -2.31. The highest BCUT2D eigenvalue weighted by molar-refractivity contribution is 14.0. The van der Waals surface area contributed by atoms with Gasteiger partial charge in [0.25, 0.3) is 0 Å². The van der Waals surface area contributed by atoms with Gasteiger partial charge in [-0.3, -0.25) is 4.99 Å². The first-order valence-corrected chi connectivity index (χ1v) is 12.4. The predicted octanol–water partition coefficient (Wildman–Crippen LogP) is 3.40. The van der Waals surface area contributed by atoms with E-state index in [9.17, 15) is 21.6 Å². The number of nitrogens with zero attached hydrogens (tertiary/aromatic N) is 2. The Morgan fingerprint density at radius 2 is 1.83 bits per heavy atom. The number of nitrogens with one attached hydrogen (secondary N) is 2. The molecule has 0 aromatic rings. The number of rotatable bonds is 7. The van der Waals surface area contributed by atoms with Crippen molar-refractivity contribution in [3.8, 4) is 0 Å². The van der Waals surface area contributed by atoms with Crippen molar-refractivity contribution >= 4 is 51.7 Å². The molecule has 0 radical (unpaired) electrons. The number of guanidine groups is 1. The van der Waals surface area contributed by atoms with Gasteiger partial charge in [-0.15, -0.1) is 24.0 Å². The van der Waals surface area contributed by atoms with Crippen LogP contribution >= 0.6 is 35.7 Å². The Bertz CT molecular complexity index is 627. The van der Waals surface area contributed by atoms with E-state index >= 15 is 0 Å². The number of alkyl halides is 3. The molecule has 0 amide bonds. The number of aliphatic imine (C=N–C) groups is 1. The summed E-state index contributed by atoms with van der Waals surface area (Å²) in [6, 6.07) is 0.389. The maximum atomic E-state index is 12.7. The van der Waals surface area contributed by atoms with Gasteiger partial charge in [0, 0.05) is 37.5 Å². The van der Waals surface area contributed by atoms with E-state index in [-0.39, 0.29) is 43.0 Å². The molecule has 172 valence electrons. The average Bonchev–Trinajstić information content (AvgIpc) is 3.07. The zero-order chi connectivity index (χ0) is 20.8. The molecule has 1 saturated carbocycles. The summed E-state index contributed by atoms with van der Waals surface area (Å²) in [5.74, 6) is 1.94. The molecule has 0 spiro atoms. The second kappa shape index (κ2) is 12.2. The molecule has 12 heteroatoms. The van der Waals surface area contributed by atoms with Crippen molar-refractivity contribution < 1.29 is 21.6 Å². The Labute approximate surface area is 193 Å². The summed E-state index contributed by atoms with van der Waals surface area (Å²) in [5.41, 5.74) is -5.23. The van der Waals surface area contributed by atoms with Gasteiger partial charge in [0.2, 0.25) is 0 Å². The molecule has 1 saturated heterocycles. The number of hydrogen-bond donors (Lipinski definition) is 2. The van der Waals surface area contributed by atoms with E-state index in [0.717, 1.165) is 31.1 Å². The van der Waals surface area contributed by atoms with Crippen molar-refractivity contribution in [3.63, 3.8) is 0 Å². The SMILES string of the molecule is CCNC(=NCC1CCN(S(=O)(=O)C(F)(F)F)CC1)NC1CCC(SCC)C1.I. The van der Waals surface area contributed by atoms with Crippen molar-refractivity contribution in [1.82, 2.24) is 14.9 Å². The summed E-state index contributed by atoms with van der Waals surface area (Å²) in [5, 5.41) is 7.38. The number of piperidine rings is 1. The van der Waals surface area contributed by atoms with Crippen LogP contribution in [0, 0.1) is 5.92 Å². The Hall–Kier alpha value is 0.0500. The second-order valence-electron chi connectivity index (χ2n) is 7.24. The Kier molecular flexibility index (Phi) is 11.4. The molecule has 6 nitrogen and oxygen atoms in total. The summed E-state index contributed by atoms with van der Waals surface area (Å²) in [4.78, 5) is 4.61. The fraction of sp³-hybridized carbons (Fsp3) is 0.941. The van der Waals surface area contributed by atoms with E-state index in [1.807, 2.05) is 18.7 Å². The van der Waals surface area contributed by atoms with Crippen molar-refractivity contribution in [2.75, 3.05) is 31.9 Å². The van der Waals surface area contributed by atoms with Crippen LogP contribution in [0.5, 0.6) is 0 Å². The zero-order valence-electron chi connectivity index (χ0n) is 16.9. The number of sulfonamides is 1. The van der Waals surface area contributed by atoms with Crippen LogP contribution in [0.15, 0.2) is 4.99 Å². The van der Waals surface area contributed by atoms with Crippen LogP contribution < -0.4 is 10.6 Å². The minimum absolute atomic E-state index is 0. The Balaban J connectivity index is 0.00000420. The Morgan fingerprint density at radius 1 is 1.17 bits per heavy atom. The van der Waals surface area contributed by atoms with Crippen molar-refractivity contribution in [2.24, 2.45) is 10.9 Å². The lowest BCUT2D eigenvalue weighted by molar-refractivity contribution is -0.0496. The first kappa shape index (κ1) is 27.1. The van der Waals surface area contributed by atoms with E-state index in [2.05, 4.69) is 22.5 Å². The molecule has 0 aromatic heterocycles. The van der Waals surface area contributed by atoms with Gasteiger partial charge in [-0.25, -0.2) is 8.42 Å². The topological polar surface area (TPSA) is 73.8 Å². The standard InChI is InChI=1S/C17H31F3N4O2S2.HI/c1-3-21-16(23-14-5-6-15(11-14)27-4-2)22-12-13-7-9-24(10-8-13)28(25,26)17(18,19)20;/h13-15H,3-12H2,1-2H3,(H2,21,22,23);1H. The quantitative estimate of drug-likeness (QED) is 0.278. The van der Waals surface area contributed by atoms with Crippen LogP contribution in [-0.4, -0.2) is 67.4 Å². The normalized spacial score (nSPS) is 24.9. The smallest absolute Gasteiger partial charge is 0.357 e. The van der Waals surface area contributed by atoms with Crippen LogP contribution in [0.1, 0.15) is 46.0 Å². The summed E-state index contributed by atoms with van der Waals surface area (Å²) in [6.07, 6.45) is 4.18. The third-order valence-corrected chi connectivity index (χ3v) is 8.05. The second-order valence-corrected chi connectivity index (χ2v) is 10.8. The van der Waals surface area contributed by atoms with E-state index in [1.54, 1.807) is 0 Å². The molecule has 0 aromatic carbocycles. The molecule has 2 fully saturated rings. The molecule has 2 unspecified atom stereocenters. The molecule has 1 aliphatic carbocycles. The third kappa shape index (κ3) is 7.91. The van der Waals surface area contributed by atoms with Gasteiger partial charge in [-0.2, -0.15) is 29.2 Å². The van der Waals surface area contributed by atoms with Crippen LogP contribution in [0.2, 0.25) is 0 Å². The Morgan fingerprint density at radius 3 is 2.38 bits per heavy atom. The van der Waals surface area contributed by atoms with Crippen LogP contribution in [0.4, 0.5) is 13.2 Å². The average molecular weight is 573 g/mol. The summed E-state index contributed by atoms with van der Waals surface area (Å²) in [7, 11) is -5.22. The molecule has 2 atom stereocenters. The third-order valence-electron chi connectivity index (χ3n) is 5.19. The molecule has 2 aliphatic rings. The number of halogens is 4. The zero-order valence-corrected chi connectivity index (χ0v) is 20.8. The number of thioether (sulfide) groups is 1. The highest BCUT2D eigenvalue weighted by Crippen LogP contribution is 2.31. The van der Waals surface area contributed by atoms with E-state index < -0.39 is 15.5 Å². The lowest BCUT2D eigenvalue weighted by Crippen LogP contribution is -2.45. The summed E-state index contributed by atoms with van der Waals surface area (Å²) >= 11 is 1.99. The molecular formula is C17H32F3IN4O2S2. The molecule has 1 heterocycles. The largest absolute Gasteiger partial charge is 0.511 e. The maximum absolute atomic E-state index is 12.7. The van der Waals surface area contributed by atoms with Crippen molar-refractivity contribution in [2.45, 2.75) is 62.8 Å². The van der Waals surface area contributed by atoms with Gasteiger partial charge in [0.05, 0.1) is 0 Å². The maximum Gasteiger partial charge on any atom is 0.511 e. The van der Waals surface area contributed by atoms with Crippen molar-refractivity contribution in [3.05, 3.63) is 0 Å².